The second-order valence-electron chi connectivity index (χ2n) is 7.17. The van der Waals surface area contributed by atoms with Gasteiger partial charge in [0.1, 0.15) is 12.4 Å². The first-order chi connectivity index (χ1) is 16.4. The lowest BCUT2D eigenvalue weighted by molar-refractivity contribution is -0.136. The van der Waals surface area contributed by atoms with E-state index in [-0.39, 0.29) is 12.4 Å². The molecule has 0 atom stereocenters. The number of anilines is 1. The molecule has 9 heteroatoms. The largest absolute Gasteiger partial charge is 0.490 e. The summed E-state index contributed by atoms with van der Waals surface area (Å²) < 4.78 is 25.4. The van der Waals surface area contributed by atoms with Gasteiger partial charge < -0.3 is 14.8 Å². The van der Waals surface area contributed by atoms with Crippen molar-refractivity contribution in [2.75, 3.05) is 11.9 Å². The highest BCUT2D eigenvalue weighted by Gasteiger charge is 2.14. The number of halogens is 2. The minimum Gasteiger partial charge on any atom is -0.490 e. The van der Waals surface area contributed by atoms with Crippen LogP contribution >= 0.6 is 15.9 Å². The fourth-order valence-corrected chi connectivity index (χ4v) is 3.37. The van der Waals surface area contributed by atoms with E-state index in [0.29, 0.717) is 29.4 Å². The summed E-state index contributed by atoms with van der Waals surface area (Å²) in [6.45, 7) is 4.33. The Labute approximate surface area is 205 Å². The standard InChI is InChI=1S/C25H23BrFN3O4/c1-3-33-23-13-18(6-11-22(23)34-15-17-4-8-20(27)9-5-17)14-28-30-25(32)24(31)29-21-10-7-19(26)12-16(21)2/h4-14H,3,15H2,1-2H3,(H,29,31)(H,30,32)/b28-14+. The van der Waals surface area contributed by atoms with Crippen molar-refractivity contribution in [1.29, 1.82) is 0 Å². The van der Waals surface area contributed by atoms with E-state index in [2.05, 4.69) is 31.8 Å². The van der Waals surface area contributed by atoms with Crippen LogP contribution in [-0.2, 0) is 16.2 Å². The van der Waals surface area contributed by atoms with Crippen LogP contribution in [-0.4, -0.2) is 24.6 Å². The van der Waals surface area contributed by atoms with Gasteiger partial charge in [0.2, 0.25) is 0 Å². The number of amides is 2. The van der Waals surface area contributed by atoms with Gasteiger partial charge in [0.05, 0.1) is 12.8 Å². The predicted octanol–water partition coefficient (Wildman–Crippen LogP) is 4.96. The molecule has 0 heterocycles. The fraction of sp³-hybridized carbons (Fsp3) is 0.160. The van der Waals surface area contributed by atoms with Gasteiger partial charge in [0.15, 0.2) is 11.5 Å². The number of rotatable bonds is 8. The van der Waals surface area contributed by atoms with Gasteiger partial charge in [-0.1, -0.05) is 28.1 Å². The third-order valence-electron chi connectivity index (χ3n) is 4.60. The van der Waals surface area contributed by atoms with Crippen molar-refractivity contribution in [3.63, 3.8) is 0 Å². The molecule has 0 aliphatic rings. The number of hydrazone groups is 1. The number of hydrogen-bond acceptors (Lipinski definition) is 5. The Morgan fingerprint density at radius 3 is 2.47 bits per heavy atom. The number of benzene rings is 3. The summed E-state index contributed by atoms with van der Waals surface area (Å²) in [6.07, 6.45) is 1.39. The van der Waals surface area contributed by atoms with Gasteiger partial charge >= 0.3 is 11.8 Å². The molecule has 176 valence electrons. The number of aryl methyl sites for hydroxylation is 1. The normalized spacial score (nSPS) is 10.7. The molecule has 0 bridgehead atoms. The minimum absolute atomic E-state index is 0.247. The average molecular weight is 528 g/mol. The first-order valence-corrected chi connectivity index (χ1v) is 11.2. The first-order valence-electron chi connectivity index (χ1n) is 10.4. The molecular weight excluding hydrogens is 505 g/mol. The number of hydrogen-bond donors (Lipinski definition) is 2. The highest BCUT2D eigenvalue weighted by Crippen LogP contribution is 2.29. The van der Waals surface area contributed by atoms with E-state index >= 15 is 0 Å². The zero-order valence-electron chi connectivity index (χ0n) is 18.6. The summed E-state index contributed by atoms with van der Waals surface area (Å²) in [5, 5.41) is 6.40. The van der Waals surface area contributed by atoms with Crippen molar-refractivity contribution in [3.8, 4) is 11.5 Å². The highest BCUT2D eigenvalue weighted by molar-refractivity contribution is 9.10. The van der Waals surface area contributed by atoms with E-state index < -0.39 is 11.8 Å². The molecule has 2 N–H and O–H groups in total. The second kappa shape index (κ2) is 11.9. The number of nitrogens with one attached hydrogen (secondary N) is 2. The Bertz CT molecular complexity index is 1200. The van der Waals surface area contributed by atoms with E-state index in [1.807, 2.05) is 19.9 Å². The Morgan fingerprint density at radius 2 is 1.76 bits per heavy atom. The van der Waals surface area contributed by atoms with E-state index in [9.17, 15) is 14.0 Å². The van der Waals surface area contributed by atoms with Crippen molar-refractivity contribution in [1.82, 2.24) is 5.43 Å². The molecule has 34 heavy (non-hydrogen) atoms. The number of ether oxygens (including phenoxy) is 2. The van der Waals surface area contributed by atoms with Crippen molar-refractivity contribution in [2.45, 2.75) is 20.5 Å². The molecule has 0 saturated heterocycles. The molecule has 0 aliphatic heterocycles. The summed E-state index contributed by atoms with van der Waals surface area (Å²) in [5.74, 6) is -1.04. The number of nitrogens with zero attached hydrogens (tertiary/aromatic N) is 1. The van der Waals surface area contributed by atoms with Crippen molar-refractivity contribution < 1.29 is 23.5 Å². The van der Waals surface area contributed by atoms with E-state index in [0.717, 1.165) is 15.6 Å². The monoisotopic (exact) mass is 527 g/mol. The zero-order chi connectivity index (χ0) is 24.5. The summed E-state index contributed by atoms with van der Waals surface area (Å²) in [4.78, 5) is 24.2. The third-order valence-corrected chi connectivity index (χ3v) is 5.09. The lowest BCUT2D eigenvalue weighted by atomic mass is 10.2. The Morgan fingerprint density at radius 1 is 1.00 bits per heavy atom. The van der Waals surface area contributed by atoms with Gasteiger partial charge in [-0.25, -0.2) is 9.82 Å². The van der Waals surface area contributed by atoms with Crippen LogP contribution in [0.3, 0.4) is 0 Å². The smallest absolute Gasteiger partial charge is 0.329 e. The van der Waals surface area contributed by atoms with E-state index in [1.54, 1.807) is 42.5 Å². The van der Waals surface area contributed by atoms with Crippen LogP contribution in [0.25, 0.3) is 0 Å². The maximum absolute atomic E-state index is 13.1. The lowest BCUT2D eigenvalue weighted by Gasteiger charge is -2.12. The molecule has 2 amide bonds. The second-order valence-corrected chi connectivity index (χ2v) is 8.08. The van der Waals surface area contributed by atoms with Gasteiger partial charge in [0, 0.05) is 10.2 Å². The van der Waals surface area contributed by atoms with Crippen LogP contribution in [0.2, 0.25) is 0 Å². The molecule has 0 aliphatic carbocycles. The molecular formula is C25H23BrFN3O4. The predicted molar refractivity (Wildman–Crippen MR) is 132 cm³/mol. The van der Waals surface area contributed by atoms with E-state index in [1.165, 1.54) is 18.3 Å². The van der Waals surface area contributed by atoms with Gasteiger partial charge in [-0.15, -0.1) is 0 Å². The average Bonchev–Trinajstić information content (AvgIpc) is 2.81. The molecule has 3 aromatic rings. The molecule has 3 rings (SSSR count). The Hall–Kier alpha value is -3.72. The van der Waals surface area contributed by atoms with Crippen LogP contribution in [0, 0.1) is 12.7 Å². The highest BCUT2D eigenvalue weighted by atomic mass is 79.9. The van der Waals surface area contributed by atoms with Gasteiger partial charge in [0.25, 0.3) is 0 Å². The van der Waals surface area contributed by atoms with E-state index in [4.69, 9.17) is 9.47 Å². The lowest BCUT2D eigenvalue weighted by Crippen LogP contribution is -2.32. The van der Waals surface area contributed by atoms with Crippen molar-refractivity contribution in [2.24, 2.45) is 5.10 Å². The van der Waals surface area contributed by atoms with Crippen LogP contribution in [0.4, 0.5) is 10.1 Å². The SMILES string of the molecule is CCOc1cc(/C=N/NC(=O)C(=O)Nc2ccc(Br)cc2C)ccc1OCc1ccc(F)cc1. The molecule has 3 aromatic carbocycles. The van der Waals surface area contributed by atoms with Gasteiger partial charge in [-0.2, -0.15) is 5.10 Å². The quantitative estimate of drug-likeness (QED) is 0.246. The molecule has 0 fully saturated rings. The van der Waals surface area contributed by atoms with Gasteiger partial charge in [-0.3, -0.25) is 9.59 Å². The van der Waals surface area contributed by atoms with Crippen LogP contribution < -0.4 is 20.2 Å². The number of carbonyl (C=O) groups excluding carboxylic acids is 2. The van der Waals surface area contributed by atoms with Crippen LogP contribution in [0.5, 0.6) is 11.5 Å². The Kier molecular flexibility index (Phi) is 8.75. The maximum atomic E-state index is 13.1. The fourth-order valence-electron chi connectivity index (χ4n) is 2.90. The topological polar surface area (TPSA) is 89.0 Å². The first kappa shape index (κ1) is 24.9. The molecule has 7 nitrogen and oxygen atoms in total. The van der Waals surface area contributed by atoms with Crippen molar-refractivity contribution >= 4 is 39.6 Å². The zero-order valence-corrected chi connectivity index (χ0v) is 20.2. The van der Waals surface area contributed by atoms with Gasteiger partial charge in [-0.05, 0) is 79.1 Å². The van der Waals surface area contributed by atoms with Crippen molar-refractivity contribution in [3.05, 3.63) is 87.6 Å². The minimum atomic E-state index is -0.900. The Balaban J connectivity index is 1.59. The summed E-state index contributed by atoms with van der Waals surface area (Å²) in [6, 6.07) is 16.5. The van der Waals surface area contributed by atoms with Crippen LogP contribution in [0.1, 0.15) is 23.6 Å². The molecule has 0 radical (unpaired) electrons. The van der Waals surface area contributed by atoms with Crippen LogP contribution in [0.15, 0.2) is 70.2 Å². The third kappa shape index (κ3) is 7.14. The molecule has 0 saturated carbocycles. The maximum Gasteiger partial charge on any atom is 0.329 e. The summed E-state index contributed by atoms with van der Waals surface area (Å²) in [5.41, 5.74) is 4.99. The summed E-state index contributed by atoms with van der Waals surface area (Å²) >= 11 is 3.35. The molecule has 0 spiro atoms. The molecule has 0 unspecified atom stereocenters. The number of carbonyl (C=O) groups is 2. The summed E-state index contributed by atoms with van der Waals surface area (Å²) in [7, 11) is 0. The molecule has 0 aromatic heterocycles.